The standard InChI is InChI=1S/C15H24N2O3/c1-10(14(18)17-15(2,3)4)20-13-8-11(9-16)6-7-12(13)19-5/h6-8,10H,9,16H2,1-5H3,(H,17,18). The van der Waals surface area contributed by atoms with E-state index < -0.39 is 6.10 Å². The van der Waals surface area contributed by atoms with Gasteiger partial charge in [-0.2, -0.15) is 0 Å². The van der Waals surface area contributed by atoms with Crippen molar-refractivity contribution in [1.82, 2.24) is 5.32 Å². The van der Waals surface area contributed by atoms with Crippen molar-refractivity contribution < 1.29 is 14.3 Å². The summed E-state index contributed by atoms with van der Waals surface area (Å²) in [5.74, 6) is 0.933. The summed E-state index contributed by atoms with van der Waals surface area (Å²) in [5.41, 5.74) is 6.24. The Labute approximate surface area is 120 Å². The van der Waals surface area contributed by atoms with Crippen molar-refractivity contribution in [3.8, 4) is 11.5 Å². The third-order valence-electron chi connectivity index (χ3n) is 2.63. The topological polar surface area (TPSA) is 73.6 Å². The van der Waals surface area contributed by atoms with Crippen LogP contribution < -0.4 is 20.5 Å². The average molecular weight is 280 g/mol. The minimum Gasteiger partial charge on any atom is -0.493 e. The third kappa shape index (κ3) is 4.74. The molecule has 5 heteroatoms. The number of carbonyl (C=O) groups is 1. The largest absolute Gasteiger partial charge is 0.493 e. The van der Waals surface area contributed by atoms with Gasteiger partial charge in [-0.3, -0.25) is 4.79 Å². The number of methoxy groups -OCH3 is 1. The lowest BCUT2D eigenvalue weighted by Crippen LogP contribution is -2.46. The second kappa shape index (κ2) is 6.61. The maximum Gasteiger partial charge on any atom is 0.261 e. The molecule has 1 unspecified atom stereocenters. The molecule has 0 aromatic heterocycles. The Bertz CT molecular complexity index is 467. The molecule has 0 fully saturated rings. The first-order valence-electron chi connectivity index (χ1n) is 6.62. The van der Waals surface area contributed by atoms with Crippen molar-refractivity contribution >= 4 is 5.91 Å². The zero-order valence-electron chi connectivity index (χ0n) is 12.8. The molecule has 0 aliphatic rings. The SMILES string of the molecule is COc1ccc(CN)cc1OC(C)C(=O)NC(C)(C)C. The van der Waals surface area contributed by atoms with E-state index in [2.05, 4.69) is 5.32 Å². The van der Waals surface area contributed by atoms with E-state index >= 15 is 0 Å². The fraction of sp³-hybridized carbons (Fsp3) is 0.533. The Morgan fingerprint density at radius 3 is 2.50 bits per heavy atom. The van der Waals surface area contributed by atoms with Crippen molar-refractivity contribution in [3.05, 3.63) is 23.8 Å². The van der Waals surface area contributed by atoms with Crippen LogP contribution in [0.3, 0.4) is 0 Å². The van der Waals surface area contributed by atoms with E-state index in [4.69, 9.17) is 15.2 Å². The number of benzene rings is 1. The quantitative estimate of drug-likeness (QED) is 0.863. The second-order valence-electron chi connectivity index (χ2n) is 5.69. The fourth-order valence-corrected chi connectivity index (χ4v) is 1.66. The summed E-state index contributed by atoms with van der Waals surface area (Å²) in [6, 6.07) is 5.44. The van der Waals surface area contributed by atoms with Gasteiger partial charge in [0.1, 0.15) is 0 Å². The first kappa shape index (κ1) is 16.3. The molecule has 0 aliphatic carbocycles. The Balaban J connectivity index is 2.83. The third-order valence-corrected chi connectivity index (χ3v) is 2.63. The van der Waals surface area contributed by atoms with Gasteiger partial charge in [0.25, 0.3) is 5.91 Å². The summed E-state index contributed by atoms with van der Waals surface area (Å²) in [6.45, 7) is 7.88. The highest BCUT2D eigenvalue weighted by atomic mass is 16.5. The average Bonchev–Trinajstić information content (AvgIpc) is 2.36. The molecule has 0 radical (unpaired) electrons. The predicted molar refractivity (Wildman–Crippen MR) is 78.9 cm³/mol. The number of hydrogen-bond acceptors (Lipinski definition) is 4. The van der Waals surface area contributed by atoms with Gasteiger partial charge in [-0.25, -0.2) is 0 Å². The second-order valence-corrected chi connectivity index (χ2v) is 5.69. The summed E-state index contributed by atoms with van der Waals surface area (Å²) >= 11 is 0. The molecule has 0 saturated heterocycles. The lowest BCUT2D eigenvalue weighted by molar-refractivity contribution is -0.128. The van der Waals surface area contributed by atoms with E-state index in [9.17, 15) is 4.79 Å². The van der Waals surface area contributed by atoms with Crippen LogP contribution in [0.4, 0.5) is 0 Å². The molecule has 1 aromatic rings. The lowest BCUT2D eigenvalue weighted by atomic mass is 10.1. The van der Waals surface area contributed by atoms with E-state index in [1.807, 2.05) is 26.8 Å². The van der Waals surface area contributed by atoms with Gasteiger partial charge in [-0.05, 0) is 45.4 Å². The molecule has 1 aromatic carbocycles. The van der Waals surface area contributed by atoms with Crippen LogP contribution in [-0.4, -0.2) is 24.7 Å². The van der Waals surface area contributed by atoms with Crippen LogP contribution in [0.15, 0.2) is 18.2 Å². The van der Waals surface area contributed by atoms with Gasteiger partial charge in [0.05, 0.1) is 7.11 Å². The molecule has 1 atom stereocenters. The normalized spacial score (nSPS) is 12.7. The van der Waals surface area contributed by atoms with Crippen LogP contribution in [0.5, 0.6) is 11.5 Å². The van der Waals surface area contributed by atoms with Gasteiger partial charge in [0.15, 0.2) is 17.6 Å². The molecule has 5 nitrogen and oxygen atoms in total. The molecule has 1 amide bonds. The molecule has 1 rings (SSSR count). The molecular formula is C15H24N2O3. The number of nitrogens with two attached hydrogens (primary N) is 1. The van der Waals surface area contributed by atoms with Gasteiger partial charge in [0, 0.05) is 12.1 Å². The lowest BCUT2D eigenvalue weighted by Gasteiger charge is -2.24. The summed E-state index contributed by atoms with van der Waals surface area (Å²) in [5, 5.41) is 2.88. The molecule has 3 N–H and O–H groups in total. The van der Waals surface area contributed by atoms with Gasteiger partial charge in [-0.1, -0.05) is 6.07 Å². The predicted octanol–water partition coefficient (Wildman–Crippen LogP) is 1.84. The molecule has 0 bridgehead atoms. The smallest absolute Gasteiger partial charge is 0.261 e. The Morgan fingerprint density at radius 2 is 2.00 bits per heavy atom. The number of amides is 1. The van der Waals surface area contributed by atoms with Crippen LogP contribution >= 0.6 is 0 Å². The van der Waals surface area contributed by atoms with Crippen molar-refractivity contribution in [2.45, 2.75) is 45.9 Å². The van der Waals surface area contributed by atoms with E-state index in [1.54, 1.807) is 26.2 Å². The van der Waals surface area contributed by atoms with Gasteiger partial charge in [-0.15, -0.1) is 0 Å². The maximum absolute atomic E-state index is 12.0. The zero-order valence-corrected chi connectivity index (χ0v) is 12.8. The Morgan fingerprint density at radius 1 is 1.35 bits per heavy atom. The monoisotopic (exact) mass is 280 g/mol. The van der Waals surface area contributed by atoms with E-state index in [-0.39, 0.29) is 11.4 Å². The van der Waals surface area contributed by atoms with Crippen molar-refractivity contribution in [2.24, 2.45) is 5.73 Å². The van der Waals surface area contributed by atoms with E-state index in [0.29, 0.717) is 18.0 Å². The fourth-order valence-electron chi connectivity index (χ4n) is 1.66. The maximum atomic E-state index is 12.0. The van der Waals surface area contributed by atoms with Crippen molar-refractivity contribution in [3.63, 3.8) is 0 Å². The number of nitrogens with one attached hydrogen (secondary N) is 1. The van der Waals surface area contributed by atoms with E-state index in [1.165, 1.54) is 0 Å². The molecular weight excluding hydrogens is 256 g/mol. The molecule has 112 valence electrons. The highest BCUT2D eigenvalue weighted by Gasteiger charge is 2.21. The van der Waals surface area contributed by atoms with Crippen LogP contribution in [0.25, 0.3) is 0 Å². The summed E-state index contributed by atoms with van der Waals surface area (Å²) < 4.78 is 10.9. The molecule has 0 aliphatic heterocycles. The zero-order chi connectivity index (χ0) is 15.3. The number of hydrogen-bond donors (Lipinski definition) is 2. The van der Waals surface area contributed by atoms with Crippen LogP contribution in [0.1, 0.15) is 33.3 Å². The minimum absolute atomic E-state index is 0.169. The van der Waals surface area contributed by atoms with Gasteiger partial charge < -0.3 is 20.5 Å². The summed E-state index contributed by atoms with van der Waals surface area (Å²) in [6.07, 6.45) is -0.615. The first-order valence-corrected chi connectivity index (χ1v) is 6.62. The molecule has 0 spiro atoms. The number of carbonyl (C=O) groups excluding carboxylic acids is 1. The van der Waals surface area contributed by atoms with Gasteiger partial charge in [0.2, 0.25) is 0 Å². The first-order chi connectivity index (χ1) is 9.26. The molecule has 0 heterocycles. The minimum atomic E-state index is -0.615. The highest BCUT2D eigenvalue weighted by molar-refractivity contribution is 5.81. The Hall–Kier alpha value is -1.75. The summed E-state index contributed by atoms with van der Waals surface area (Å²) in [7, 11) is 1.56. The van der Waals surface area contributed by atoms with E-state index in [0.717, 1.165) is 5.56 Å². The number of ether oxygens (including phenoxy) is 2. The Kier molecular flexibility index (Phi) is 5.39. The van der Waals surface area contributed by atoms with Crippen LogP contribution in [0.2, 0.25) is 0 Å². The van der Waals surface area contributed by atoms with Gasteiger partial charge >= 0.3 is 0 Å². The summed E-state index contributed by atoms with van der Waals surface area (Å²) in [4.78, 5) is 12.0. The number of rotatable bonds is 5. The van der Waals surface area contributed by atoms with Crippen molar-refractivity contribution in [2.75, 3.05) is 7.11 Å². The highest BCUT2D eigenvalue weighted by Crippen LogP contribution is 2.29. The molecule has 20 heavy (non-hydrogen) atoms. The van der Waals surface area contributed by atoms with Crippen molar-refractivity contribution in [1.29, 1.82) is 0 Å². The van der Waals surface area contributed by atoms with Crippen LogP contribution in [-0.2, 0) is 11.3 Å². The molecule has 0 saturated carbocycles. The van der Waals surface area contributed by atoms with Crippen LogP contribution in [0, 0.1) is 0 Å².